The number of ether oxygens (including phenoxy) is 1. The van der Waals surface area contributed by atoms with E-state index < -0.39 is 17.6 Å². The highest BCUT2D eigenvalue weighted by atomic mass is 16.5. The van der Waals surface area contributed by atoms with Crippen LogP contribution in [0.3, 0.4) is 0 Å². The van der Waals surface area contributed by atoms with Gasteiger partial charge >= 0.3 is 5.97 Å². The normalized spacial score (nSPS) is 21.3. The SMILES string of the molecule is CC1(C)CN(CC(=O)NCc2ccncn2)[C@H](C(=O)O)CO1. The third kappa shape index (κ3) is 4.47. The second kappa shape index (κ2) is 6.80. The number of hydrogen-bond acceptors (Lipinski definition) is 6. The minimum atomic E-state index is -0.987. The van der Waals surface area contributed by atoms with Crippen LogP contribution in [0, 0.1) is 0 Å². The van der Waals surface area contributed by atoms with Gasteiger partial charge in [0, 0.05) is 12.7 Å². The minimum absolute atomic E-state index is 0.00877. The van der Waals surface area contributed by atoms with Gasteiger partial charge in [0.15, 0.2) is 0 Å². The number of carboxylic acid groups (broad SMARTS) is 1. The second-order valence-corrected chi connectivity index (χ2v) is 5.81. The van der Waals surface area contributed by atoms with Crippen molar-refractivity contribution in [1.82, 2.24) is 20.2 Å². The van der Waals surface area contributed by atoms with E-state index in [1.54, 1.807) is 17.2 Å². The highest BCUT2D eigenvalue weighted by Crippen LogP contribution is 2.20. The highest BCUT2D eigenvalue weighted by molar-refractivity contribution is 5.80. The quantitative estimate of drug-likeness (QED) is 0.766. The van der Waals surface area contributed by atoms with E-state index >= 15 is 0 Å². The van der Waals surface area contributed by atoms with Gasteiger partial charge in [-0.2, -0.15) is 0 Å². The number of hydrogen-bond donors (Lipinski definition) is 2. The van der Waals surface area contributed by atoms with E-state index in [2.05, 4.69) is 15.3 Å². The summed E-state index contributed by atoms with van der Waals surface area (Å²) >= 11 is 0. The molecule has 0 radical (unpaired) electrons. The summed E-state index contributed by atoms with van der Waals surface area (Å²) in [5.74, 6) is -1.23. The summed E-state index contributed by atoms with van der Waals surface area (Å²) in [6.45, 7) is 4.49. The molecule has 22 heavy (non-hydrogen) atoms. The average molecular weight is 308 g/mol. The molecule has 0 aromatic carbocycles. The molecule has 1 aromatic heterocycles. The molecule has 2 rings (SSSR count). The fourth-order valence-corrected chi connectivity index (χ4v) is 2.30. The Balaban J connectivity index is 1.91. The first kappa shape index (κ1) is 16.3. The van der Waals surface area contributed by atoms with Crippen LogP contribution in [-0.2, 0) is 20.9 Å². The highest BCUT2D eigenvalue weighted by Gasteiger charge is 2.38. The molecule has 1 saturated heterocycles. The monoisotopic (exact) mass is 308 g/mol. The molecule has 8 nitrogen and oxygen atoms in total. The van der Waals surface area contributed by atoms with Crippen LogP contribution in [0.25, 0.3) is 0 Å². The Hall–Kier alpha value is -2.06. The molecule has 0 spiro atoms. The summed E-state index contributed by atoms with van der Waals surface area (Å²) < 4.78 is 5.51. The van der Waals surface area contributed by atoms with E-state index in [4.69, 9.17) is 4.74 Å². The Morgan fingerprint density at radius 2 is 2.32 bits per heavy atom. The fraction of sp³-hybridized carbons (Fsp3) is 0.571. The van der Waals surface area contributed by atoms with Crippen molar-refractivity contribution in [2.45, 2.75) is 32.0 Å². The maximum absolute atomic E-state index is 12.0. The van der Waals surface area contributed by atoms with E-state index in [0.717, 1.165) is 0 Å². The lowest BCUT2D eigenvalue weighted by Crippen LogP contribution is -2.58. The molecule has 0 unspecified atom stereocenters. The Morgan fingerprint density at radius 3 is 2.95 bits per heavy atom. The van der Waals surface area contributed by atoms with Crippen LogP contribution in [-0.4, -0.2) is 63.2 Å². The Bertz CT molecular complexity index is 535. The van der Waals surface area contributed by atoms with Crippen LogP contribution in [0.1, 0.15) is 19.5 Å². The van der Waals surface area contributed by atoms with Crippen molar-refractivity contribution >= 4 is 11.9 Å². The van der Waals surface area contributed by atoms with Crippen molar-refractivity contribution in [1.29, 1.82) is 0 Å². The smallest absolute Gasteiger partial charge is 0.323 e. The molecule has 1 fully saturated rings. The molecule has 120 valence electrons. The number of amides is 1. The number of aromatic nitrogens is 2. The van der Waals surface area contributed by atoms with E-state index in [-0.39, 0.29) is 25.6 Å². The van der Waals surface area contributed by atoms with E-state index in [1.165, 1.54) is 6.33 Å². The summed E-state index contributed by atoms with van der Waals surface area (Å²) in [6.07, 6.45) is 3.01. The molecule has 0 bridgehead atoms. The molecule has 1 aromatic rings. The standard InChI is InChI=1S/C14H20N4O4/c1-14(2)8-18(11(7-22-14)13(20)21)6-12(19)16-5-10-3-4-15-9-17-10/h3-4,9,11H,5-8H2,1-2H3,(H,16,19)(H,20,21)/t11-/m0/s1. The van der Waals surface area contributed by atoms with Crippen LogP contribution in [0.5, 0.6) is 0 Å². The molecule has 1 atom stereocenters. The Labute approximate surface area is 128 Å². The first-order chi connectivity index (χ1) is 10.4. The number of morpholine rings is 1. The van der Waals surface area contributed by atoms with Crippen LogP contribution in [0.4, 0.5) is 0 Å². The molecule has 0 aliphatic carbocycles. The van der Waals surface area contributed by atoms with E-state index in [0.29, 0.717) is 12.2 Å². The number of nitrogens with zero attached hydrogens (tertiary/aromatic N) is 3. The van der Waals surface area contributed by atoms with E-state index in [9.17, 15) is 14.7 Å². The van der Waals surface area contributed by atoms with Gasteiger partial charge in [-0.15, -0.1) is 0 Å². The Kier molecular flexibility index (Phi) is 5.04. The number of nitrogens with one attached hydrogen (secondary N) is 1. The fourth-order valence-electron chi connectivity index (χ4n) is 2.30. The van der Waals surface area contributed by atoms with Crippen molar-refractivity contribution in [3.8, 4) is 0 Å². The zero-order valence-corrected chi connectivity index (χ0v) is 12.7. The number of carbonyl (C=O) groups excluding carboxylic acids is 1. The van der Waals surface area contributed by atoms with Crippen LogP contribution < -0.4 is 5.32 Å². The predicted molar refractivity (Wildman–Crippen MR) is 76.9 cm³/mol. The number of carboxylic acids is 1. The molecular formula is C14H20N4O4. The van der Waals surface area contributed by atoms with Crippen LogP contribution in [0.15, 0.2) is 18.6 Å². The first-order valence-corrected chi connectivity index (χ1v) is 7.00. The summed E-state index contributed by atoms with van der Waals surface area (Å²) in [6, 6.07) is 0.899. The molecule has 2 N–H and O–H groups in total. The maximum atomic E-state index is 12.0. The Morgan fingerprint density at radius 1 is 1.55 bits per heavy atom. The topological polar surface area (TPSA) is 105 Å². The molecule has 1 aliphatic heterocycles. The second-order valence-electron chi connectivity index (χ2n) is 5.81. The van der Waals surface area contributed by atoms with Gasteiger partial charge in [0.1, 0.15) is 12.4 Å². The summed E-state index contributed by atoms with van der Waals surface area (Å²) in [5, 5.41) is 12.0. The lowest BCUT2D eigenvalue weighted by atomic mass is 10.0. The number of aliphatic carboxylic acids is 1. The van der Waals surface area contributed by atoms with Gasteiger partial charge < -0.3 is 15.2 Å². The van der Waals surface area contributed by atoms with Gasteiger partial charge in [-0.1, -0.05) is 0 Å². The zero-order valence-electron chi connectivity index (χ0n) is 12.7. The molecular weight excluding hydrogens is 288 g/mol. The maximum Gasteiger partial charge on any atom is 0.323 e. The van der Waals surface area contributed by atoms with Crippen molar-refractivity contribution in [2.75, 3.05) is 19.7 Å². The largest absolute Gasteiger partial charge is 0.480 e. The van der Waals surface area contributed by atoms with Crippen molar-refractivity contribution in [3.63, 3.8) is 0 Å². The van der Waals surface area contributed by atoms with Gasteiger partial charge in [-0.05, 0) is 19.9 Å². The van der Waals surface area contributed by atoms with Crippen LogP contribution >= 0.6 is 0 Å². The summed E-state index contributed by atoms with van der Waals surface area (Å²) in [7, 11) is 0. The molecule has 1 amide bonds. The van der Waals surface area contributed by atoms with Gasteiger partial charge in [0.05, 0.1) is 31.0 Å². The summed E-state index contributed by atoms with van der Waals surface area (Å²) in [4.78, 5) is 32.7. The predicted octanol–water partition coefficient (Wildman–Crippen LogP) is -0.343. The van der Waals surface area contributed by atoms with Crippen LogP contribution in [0.2, 0.25) is 0 Å². The average Bonchev–Trinajstić information content (AvgIpc) is 2.45. The first-order valence-electron chi connectivity index (χ1n) is 7.00. The summed E-state index contributed by atoms with van der Waals surface area (Å²) in [5.41, 5.74) is 0.222. The van der Waals surface area contributed by atoms with Gasteiger partial charge in [-0.25, -0.2) is 9.97 Å². The van der Waals surface area contributed by atoms with Crippen molar-refractivity contribution in [2.24, 2.45) is 0 Å². The van der Waals surface area contributed by atoms with Crippen molar-refractivity contribution in [3.05, 3.63) is 24.3 Å². The van der Waals surface area contributed by atoms with Gasteiger partial charge in [0.25, 0.3) is 0 Å². The third-order valence-electron chi connectivity index (χ3n) is 3.40. The van der Waals surface area contributed by atoms with Crippen molar-refractivity contribution < 1.29 is 19.4 Å². The number of rotatable bonds is 5. The molecule has 1 aliphatic rings. The third-order valence-corrected chi connectivity index (χ3v) is 3.40. The van der Waals surface area contributed by atoms with E-state index in [1.807, 2.05) is 13.8 Å². The zero-order chi connectivity index (χ0) is 16.2. The number of carbonyl (C=O) groups is 2. The lowest BCUT2D eigenvalue weighted by molar-refractivity contribution is -0.163. The molecule has 2 heterocycles. The van der Waals surface area contributed by atoms with Gasteiger partial charge in [0.2, 0.25) is 5.91 Å². The molecule has 8 heteroatoms. The lowest BCUT2D eigenvalue weighted by Gasteiger charge is -2.41. The minimum Gasteiger partial charge on any atom is -0.480 e. The van der Waals surface area contributed by atoms with Gasteiger partial charge in [-0.3, -0.25) is 14.5 Å². The molecule has 0 saturated carbocycles.